The lowest BCUT2D eigenvalue weighted by atomic mass is 10.2. The second kappa shape index (κ2) is 5.91. The summed E-state index contributed by atoms with van der Waals surface area (Å²) in [7, 11) is -3.48. The van der Waals surface area contributed by atoms with Gasteiger partial charge >= 0.3 is 0 Å². The van der Waals surface area contributed by atoms with Crippen molar-refractivity contribution >= 4 is 15.9 Å². The lowest BCUT2D eigenvalue weighted by Crippen LogP contribution is -2.51. The first kappa shape index (κ1) is 16.5. The van der Waals surface area contributed by atoms with E-state index < -0.39 is 10.0 Å². The minimum Gasteiger partial charge on any atom is -0.340 e. The second-order valence-electron chi connectivity index (χ2n) is 6.82. The summed E-state index contributed by atoms with van der Waals surface area (Å²) in [6.07, 6.45) is 0.972. The fourth-order valence-corrected chi connectivity index (χ4v) is 4.91. The first-order valence-corrected chi connectivity index (χ1v) is 9.61. The maximum absolute atomic E-state index is 12.8. The minimum atomic E-state index is -3.48. The monoisotopic (exact) mass is 336 g/mol. The van der Waals surface area contributed by atoms with Gasteiger partial charge in [0.2, 0.25) is 15.9 Å². The first-order valence-electron chi connectivity index (χ1n) is 8.17. The number of nitrogens with zero attached hydrogens (tertiary/aromatic N) is 2. The van der Waals surface area contributed by atoms with E-state index in [2.05, 4.69) is 6.92 Å². The zero-order chi connectivity index (χ0) is 16.8. The van der Waals surface area contributed by atoms with Crippen LogP contribution in [0.5, 0.6) is 0 Å². The van der Waals surface area contributed by atoms with Gasteiger partial charge in [0.15, 0.2) is 0 Å². The van der Waals surface area contributed by atoms with Crippen LogP contribution in [0.3, 0.4) is 0 Å². The molecular weight excluding hydrogens is 312 g/mol. The number of amides is 1. The van der Waals surface area contributed by atoms with Crippen molar-refractivity contribution in [2.75, 3.05) is 26.2 Å². The maximum Gasteiger partial charge on any atom is 0.243 e. The third kappa shape index (κ3) is 3.15. The second-order valence-corrected chi connectivity index (χ2v) is 8.72. The Bertz CT molecular complexity index is 721. The Kier molecular flexibility index (Phi) is 4.23. The minimum absolute atomic E-state index is 0.164. The molecule has 6 heteroatoms. The molecule has 0 spiro atoms. The summed E-state index contributed by atoms with van der Waals surface area (Å²) >= 11 is 0. The van der Waals surface area contributed by atoms with E-state index in [1.54, 1.807) is 6.07 Å². The van der Waals surface area contributed by atoms with Gasteiger partial charge in [0.1, 0.15) is 0 Å². The van der Waals surface area contributed by atoms with Crippen LogP contribution in [0, 0.1) is 25.7 Å². The third-order valence-corrected chi connectivity index (χ3v) is 6.98. The van der Waals surface area contributed by atoms with Gasteiger partial charge in [0.25, 0.3) is 0 Å². The van der Waals surface area contributed by atoms with Crippen LogP contribution in [0.25, 0.3) is 0 Å². The van der Waals surface area contributed by atoms with Crippen LogP contribution in [0.2, 0.25) is 0 Å². The molecule has 2 fully saturated rings. The highest BCUT2D eigenvalue weighted by molar-refractivity contribution is 7.89. The molecule has 0 bridgehead atoms. The average molecular weight is 336 g/mol. The lowest BCUT2D eigenvalue weighted by molar-refractivity contribution is -0.134. The molecule has 1 saturated carbocycles. The van der Waals surface area contributed by atoms with Gasteiger partial charge in [0, 0.05) is 32.1 Å². The van der Waals surface area contributed by atoms with Gasteiger partial charge in [0.05, 0.1) is 4.90 Å². The number of piperazine rings is 1. The van der Waals surface area contributed by atoms with E-state index in [4.69, 9.17) is 0 Å². The van der Waals surface area contributed by atoms with Crippen LogP contribution < -0.4 is 0 Å². The highest BCUT2D eigenvalue weighted by atomic mass is 32.2. The van der Waals surface area contributed by atoms with E-state index in [1.807, 2.05) is 30.9 Å². The molecule has 1 aromatic rings. The van der Waals surface area contributed by atoms with Crippen LogP contribution in [-0.4, -0.2) is 49.7 Å². The molecular formula is C17H24N2O3S. The number of benzene rings is 1. The number of sulfonamides is 1. The predicted molar refractivity (Wildman–Crippen MR) is 88.5 cm³/mol. The van der Waals surface area contributed by atoms with Gasteiger partial charge in [-0.2, -0.15) is 4.31 Å². The van der Waals surface area contributed by atoms with Crippen LogP contribution in [0.15, 0.2) is 23.1 Å². The SMILES string of the molecule is Cc1ccc(S(=O)(=O)N2CCN(C(=O)[C@@H]3C[C@@H]3C)CC2)c(C)c1. The van der Waals surface area contributed by atoms with E-state index >= 15 is 0 Å². The van der Waals surface area contributed by atoms with E-state index in [9.17, 15) is 13.2 Å². The molecule has 23 heavy (non-hydrogen) atoms. The molecule has 1 aliphatic heterocycles. The first-order chi connectivity index (χ1) is 10.8. The summed E-state index contributed by atoms with van der Waals surface area (Å²) in [6, 6.07) is 5.40. The van der Waals surface area contributed by atoms with Crippen molar-refractivity contribution < 1.29 is 13.2 Å². The molecule has 0 N–H and O–H groups in total. The highest BCUT2D eigenvalue weighted by Gasteiger charge is 2.42. The highest BCUT2D eigenvalue weighted by Crippen LogP contribution is 2.39. The van der Waals surface area contributed by atoms with Crippen LogP contribution >= 0.6 is 0 Å². The van der Waals surface area contributed by atoms with Crippen molar-refractivity contribution in [2.24, 2.45) is 11.8 Å². The normalized spacial score (nSPS) is 25.4. The number of aryl methyl sites for hydroxylation is 2. The largest absolute Gasteiger partial charge is 0.340 e. The summed E-state index contributed by atoms with van der Waals surface area (Å²) in [5.41, 5.74) is 1.82. The van der Waals surface area contributed by atoms with Gasteiger partial charge in [-0.25, -0.2) is 8.42 Å². The molecule has 1 aromatic carbocycles. The average Bonchev–Trinajstić information content (AvgIpc) is 3.23. The van der Waals surface area contributed by atoms with Crippen molar-refractivity contribution in [3.05, 3.63) is 29.3 Å². The van der Waals surface area contributed by atoms with Crippen molar-refractivity contribution in [3.63, 3.8) is 0 Å². The van der Waals surface area contributed by atoms with Gasteiger partial charge < -0.3 is 4.90 Å². The standard InChI is InChI=1S/C17H24N2O3S/c1-12-4-5-16(14(3)10-12)23(21,22)19-8-6-18(7-9-19)17(20)15-11-13(15)2/h4-5,10,13,15H,6-9,11H2,1-3H3/t13-,15+/m0/s1. The molecule has 1 aliphatic carbocycles. The Morgan fingerprint density at radius 2 is 1.74 bits per heavy atom. The zero-order valence-corrected chi connectivity index (χ0v) is 14.8. The Morgan fingerprint density at radius 1 is 1.13 bits per heavy atom. The van der Waals surface area contributed by atoms with Crippen molar-refractivity contribution in [2.45, 2.75) is 32.1 Å². The van der Waals surface area contributed by atoms with Crippen molar-refractivity contribution in [1.29, 1.82) is 0 Å². The van der Waals surface area contributed by atoms with E-state index in [0.717, 1.165) is 17.5 Å². The molecule has 126 valence electrons. The summed E-state index contributed by atoms with van der Waals surface area (Å²) in [5.74, 6) is 0.845. The Morgan fingerprint density at radius 3 is 2.26 bits per heavy atom. The fourth-order valence-electron chi connectivity index (χ4n) is 3.28. The number of carbonyl (C=O) groups is 1. The number of rotatable bonds is 3. The summed E-state index contributed by atoms with van der Waals surface area (Å²) in [5, 5.41) is 0. The van der Waals surface area contributed by atoms with Gasteiger partial charge in [-0.3, -0.25) is 4.79 Å². The fraction of sp³-hybridized carbons (Fsp3) is 0.588. The molecule has 2 aliphatic rings. The molecule has 1 saturated heterocycles. The molecule has 1 heterocycles. The van der Waals surface area contributed by atoms with Gasteiger partial charge in [-0.1, -0.05) is 24.6 Å². The van der Waals surface area contributed by atoms with Gasteiger partial charge in [-0.05, 0) is 37.8 Å². The molecule has 2 atom stereocenters. The van der Waals surface area contributed by atoms with Crippen LogP contribution in [0.4, 0.5) is 0 Å². The quantitative estimate of drug-likeness (QED) is 0.846. The Labute approximate surface area is 138 Å². The Hall–Kier alpha value is -1.40. The van der Waals surface area contributed by atoms with E-state index in [1.165, 1.54) is 4.31 Å². The van der Waals surface area contributed by atoms with Crippen LogP contribution in [-0.2, 0) is 14.8 Å². The van der Waals surface area contributed by atoms with Crippen LogP contribution in [0.1, 0.15) is 24.5 Å². The molecule has 0 aromatic heterocycles. The van der Waals surface area contributed by atoms with E-state index in [-0.39, 0.29) is 11.8 Å². The molecule has 0 unspecified atom stereocenters. The summed E-state index contributed by atoms with van der Waals surface area (Å²) < 4.78 is 27.1. The zero-order valence-electron chi connectivity index (χ0n) is 13.9. The van der Waals surface area contributed by atoms with Gasteiger partial charge in [-0.15, -0.1) is 0 Å². The molecule has 3 rings (SSSR count). The smallest absolute Gasteiger partial charge is 0.243 e. The Balaban J connectivity index is 1.70. The van der Waals surface area contributed by atoms with Crippen molar-refractivity contribution in [1.82, 2.24) is 9.21 Å². The van der Waals surface area contributed by atoms with Crippen molar-refractivity contribution in [3.8, 4) is 0 Å². The topological polar surface area (TPSA) is 57.7 Å². The number of carbonyl (C=O) groups excluding carboxylic acids is 1. The number of hydrogen-bond donors (Lipinski definition) is 0. The molecule has 0 radical (unpaired) electrons. The third-order valence-electron chi connectivity index (χ3n) is 4.93. The summed E-state index contributed by atoms with van der Waals surface area (Å²) in [6.45, 7) is 7.60. The maximum atomic E-state index is 12.8. The predicted octanol–water partition coefficient (Wildman–Crippen LogP) is 1.79. The number of hydrogen-bond acceptors (Lipinski definition) is 3. The summed E-state index contributed by atoms with van der Waals surface area (Å²) in [4.78, 5) is 14.4. The van der Waals surface area contributed by atoms with E-state index in [0.29, 0.717) is 37.0 Å². The molecule has 5 nitrogen and oxygen atoms in total. The lowest BCUT2D eigenvalue weighted by Gasteiger charge is -2.34. The molecule has 1 amide bonds.